The highest BCUT2D eigenvalue weighted by atomic mass is 79.9. The van der Waals surface area contributed by atoms with Crippen LogP contribution < -0.4 is 0 Å². The van der Waals surface area contributed by atoms with Crippen LogP contribution in [0.2, 0.25) is 0 Å². The molecule has 4 heteroatoms. The highest BCUT2D eigenvalue weighted by Gasteiger charge is 2.07. The molecule has 2 aromatic rings. The number of aryl methyl sites for hydroxylation is 2. The van der Waals surface area contributed by atoms with Crippen molar-refractivity contribution in [2.45, 2.75) is 13.8 Å². The normalized spacial score (nSPS) is 11.2. The minimum Gasteiger partial charge on any atom is -0.289 e. The molecule has 3 nitrogen and oxygen atoms in total. The molecule has 1 aromatic carbocycles. The quantitative estimate of drug-likeness (QED) is 0.639. The van der Waals surface area contributed by atoms with Gasteiger partial charge in [-0.25, -0.2) is 0 Å². The number of carbonyl (C=O) groups excluding carboxylic acids is 1. The number of halogens is 1. The summed E-state index contributed by atoms with van der Waals surface area (Å²) in [4.78, 5) is 12.0. The summed E-state index contributed by atoms with van der Waals surface area (Å²) in [5, 5.41) is 4.32. The summed E-state index contributed by atoms with van der Waals surface area (Å²) in [5.74, 6) is -0.00449. The predicted octanol–water partition coefficient (Wildman–Crippen LogP) is 3.70. The van der Waals surface area contributed by atoms with Gasteiger partial charge in [-0.15, -0.1) is 0 Å². The molecule has 0 fully saturated rings. The van der Waals surface area contributed by atoms with E-state index >= 15 is 0 Å². The van der Waals surface area contributed by atoms with Crippen LogP contribution >= 0.6 is 15.9 Å². The van der Waals surface area contributed by atoms with Gasteiger partial charge in [-0.3, -0.25) is 9.48 Å². The molecular weight excluding hydrogens is 304 g/mol. The lowest BCUT2D eigenvalue weighted by atomic mass is 10.1. The van der Waals surface area contributed by atoms with E-state index in [1.165, 1.54) is 0 Å². The van der Waals surface area contributed by atoms with Crippen molar-refractivity contribution in [3.63, 3.8) is 0 Å². The highest BCUT2D eigenvalue weighted by molar-refractivity contribution is 9.10. The maximum Gasteiger partial charge on any atom is 0.185 e. The van der Waals surface area contributed by atoms with E-state index in [0.717, 1.165) is 21.4 Å². The van der Waals surface area contributed by atoms with E-state index in [1.807, 2.05) is 43.8 Å². The molecule has 0 spiro atoms. The Morgan fingerprint density at radius 2 is 1.89 bits per heavy atom. The fraction of sp³-hybridized carbons (Fsp3) is 0.200. The molecule has 0 N–H and O–H groups in total. The lowest BCUT2D eigenvalue weighted by molar-refractivity contribution is 0.104. The van der Waals surface area contributed by atoms with E-state index in [9.17, 15) is 4.79 Å². The van der Waals surface area contributed by atoms with Crippen LogP contribution in [0.15, 0.2) is 34.8 Å². The first-order chi connectivity index (χ1) is 8.99. The average Bonchev–Trinajstić information content (AvgIpc) is 2.62. The lowest BCUT2D eigenvalue weighted by Gasteiger charge is -1.97. The fourth-order valence-corrected chi connectivity index (χ4v) is 2.16. The summed E-state index contributed by atoms with van der Waals surface area (Å²) >= 11 is 3.35. The molecule has 1 heterocycles. The SMILES string of the molecule is Cc1nn(C)c(C)c1/C=C/C(=O)c1ccc(Br)cc1. The molecule has 0 radical (unpaired) electrons. The van der Waals surface area contributed by atoms with Crippen molar-refractivity contribution in [3.8, 4) is 0 Å². The third-order valence-corrected chi connectivity index (χ3v) is 3.62. The number of carbonyl (C=O) groups is 1. The molecule has 0 saturated carbocycles. The van der Waals surface area contributed by atoms with Crippen LogP contribution in [0.1, 0.15) is 27.3 Å². The van der Waals surface area contributed by atoms with Crippen molar-refractivity contribution in [1.82, 2.24) is 9.78 Å². The van der Waals surface area contributed by atoms with E-state index in [1.54, 1.807) is 18.2 Å². The van der Waals surface area contributed by atoms with Crippen molar-refractivity contribution < 1.29 is 4.79 Å². The second kappa shape index (κ2) is 5.53. The Labute approximate surface area is 121 Å². The van der Waals surface area contributed by atoms with E-state index in [2.05, 4.69) is 21.0 Å². The Kier molecular flexibility index (Phi) is 4.00. The number of rotatable bonds is 3. The number of hydrogen-bond donors (Lipinski definition) is 0. The van der Waals surface area contributed by atoms with Gasteiger partial charge in [0, 0.05) is 28.3 Å². The monoisotopic (exact) mass is 318 g/mol. The maximum atomic E-state index is 12.0. The molecule has 0 bridgehead atoms. The van der Waals surface area contributed by atoms with E-state index in [4.69, 9.17) is 0 Å². The first-order valence-electron chi connectivity index (χ1n) is 5.97. The molecule has 98 valence electrons. The third kappa shape index (κ3) is 3.01. The molecule has 0 atom stereocenters. The summed E-state index contributed by atoms with van der Waals surface area (Å²) in [5.41, 5.74) is 3.67. The van der Waals surface area contributed by atoms with Crippen molar-refractivity contribution in [3.05, 3.63) is 57.3 Å². The van der Waals surface area contributed by atoms with Crippen molar-refractivity contribution in [2.24, 2.45) is 7.05 Å². The fourth-order valence-electron chi connectivity index (χ4n) is 1.90. The first-order valence-corrected chi connectivity index (χ1v) is 6.76. The number of nitrogens with zero attached hydrogens (tertiary/aromatic N) is 2. The number of aromatic nitrogens is 2. The highest BCUT2D eigenvalue weighted by Crippen LogP contribution is 2.15. The van der Waals surface area contributed by atoms with Crippen molar-refractivity contribution >= 4 is 27.8 Å². The van der Waals surface area contributed by atoms with Crippen molar-refractivity contribution in [1.29, 1.82) is 0 Å². The minimum absolute atomic E-state index is 0.00449. The zero-order chi connectivity index (χ0) is 14.0. The van der Waals surface area contributed by atoms with Crippen LogP contribution in [-0.2, 0) is 7.05 Å². The average molecular weight is 319 g/mol. The van der Waals surface area contributed by atoms with Crippen LogP contribution in [0.5, 0.6) is 0 Å². The van der Waals surface area contributed by atoms with Gasteiger partial charge in [0.05, 0.1) is 5.69 Å². The molecule has 0 aliphatic carbocycles. The number of allylic oxidation sites excluding steroid dienone is 1. The maximum absolute atomic E-state index is 12.0. The Hall–Kier alpha value is -1.68. The molecule has 19 heavy (non-hydrogen) atoms. The van der Waals surface area contributed by atoms with Crippen molar-refractivity contribution in [2.75, 3.05) is 0 Å². The van der Waals surface area contributed by atoms with Gasteiger partial charge >= 0.3 is 0 Å². The second-order valence-corrected chi connectivity index (χ2v) is 5.33. The third-order valence-electron chi connectivity index (χ3n) is 3.10. The van der Waals surface area contributed by atoms with Crippen LogP contribution in [0.25, 0.3) is 6.08 Å². The van der Waals surface area contributed by atoms with E-state index in [0.29, 0.717) is 5.56 Å². The molecule has 0 aliphatic heterocycles. The Morgan fingerprint density at radius 3 is 2.42 bits per heavy atom. The van der Waals surface area contributed by atoms with E-state index < -0.39 is 0 Å². The summed E-state index contributed by atoms with van der Waals surface area (Å²) in [6, 6.07) is 7.34. The van der Waals surface area contributed by atoms with Gasteiger partial charge < -0.3 is 0 Å². The lowest BCUT2D eigenvalue weighted by Crippen LogP contribution is -1.94. The second-order valence-electron chi connectivity index (χ2n) is 4.41. The minimum atomic E-state index is -0.00449. The molecule has 0 saturated heterocycles. The zero-order valence-corrected chi connectivity index (χ0v) is 12.7. The van der Waals surface area contributed by atoms with Gasteiger partial charge in [0.25, 0.3) is 0 Å². The largest absolute Gasteiger partial charge is 0.289 e. The van der Waals surface area contributed by atoms with Gasteiger partial charge in [0.15, 0.2) is 5.78 Å². The van der Waals surface area contributed by atoms with Crippen LogP contribution in [0, 0.1) is 13.8 Å². The first kappa shape index (κ1) is 13.7. The van der Waals surface area contributed by atoms with Crippen LogP contribution in [0.3, 0.4) is 0 Å². The van der Waals surface area contributed by atoms with Gasteiger partial charge in [-0.05, 0) is 50.3 Å². The molecule has 0 aliphatic rings. The van der Waals surface area contributed by atoms with Crippen LogP contribution in [-0.4, -0.2) is 15.6 Å². The molecule has 1 aromatic heterocycles. The van der Waals surface area contributed by atoms with Gasteiger partial charge in [-0.1, -0.05) is 15.9 Å². The van der Waals surface area contributed by atoms with Crippen LogP contribution in [0.4, 0.5) is 0 Å². The summed E-state index contributed by atoms with van der Waals surface area (Å²) < 4.78 is 2.78. The topological polar surface area (TPSA) is 34.9 Å². The smallest absolute Gasteiger partial charge is 0.185 e. The molecule has 0 unspecified atom stereocenters. The standard InChI is InChI=1S/C15H15BrN2O/c1-10-14(11(2)18(3)17-10)8-9-15(19)12-4-6-13(16)7-5-12/h4-9H,1-3H3/b9-8+. The van der Waals surface area contributed by atoms with Gasteiger partial charge in [-0.2, -0.15) is 5.10 Å². The zero-order valence-electron chi connectivity index (χ0n) is 11.1. The Morgan fingerprint density at radius 1 is 1.26 bits per heavy atom. The summed E-state index contributed by atoms with van der Waals surface area (Å²) in [6.07, 6.45) is 3.43. The number of benzene rings is 1. The number of ketones is 1. The Balaban J connectivity index is 2.23. The molecular formula is C15H15BrN2O. The van der Waals surface area contributed by atoms with E-state index in [-0.39, 0.29) is 5.78 Å². The summed E-state index contributed by atoms with van der Waals surface area (Å²) in [7, 11) is 1.90. The molecule has 2 rings (SSSR count). The summed E-state index contributed by atoms with van der Waals surface area (Å²) in [6.45, 7) is 3.93. The molecule has 0 amide bonds. The van der Waals surface area contributed by atoms with Gasteiger partial charge in [0.1, 0.15) is 0 Å². The number of hydrogen-bond acceptors (Lipinski definition) is 2. The van der Waals surface area contributed by atoms with Gasteiger partial charge in [0.2, 0.25) is 0 Å². The Bertz CT molecular complexity index is 639. The predicted molar refractivity (Wildman–Crippen MR) is 80.2 cm³/mol.